The maximum Gasteiger partial charge on any atom is 0.243 e. The summed E-state index contributed by atoms with van der Waals surface area (Å²) in [7, 11) is -3.57. The van der Waals surface area contributed by atoms with E-state index in [-0.39, 0.29) is 16.6 Å². The van der Waals surface area contributed by atoms with Crippen LogP contribution in [0.3, 0.4) is 0 Å². The molecule has 9 heteroatoms. The third-order valence-electron chi connectivity index (χ3n) is 5.58. The molecule has 1 saturated heterocycles. The quantitative estimate of drug-likeness (QED) is 0.533. The number of benzene rings is 2. The monoisotopic (exact) mass is 485 g/mol. The van der Waals surface area contributed by atoms with E-state index in [9.17, 15) is 13.2 Å². The van der Waals surface area contributed by atoms with E-state index in [0.29, 0.717) is 31.8 Å². The van der Waals surface area contributed by atoms with Crippen molar-refractivity contribution in [3.63, 3.8) is 0 Å². The molecule has 33 heavy (non-hydrogen) atoms. The molecule has 1 aliphatic heterocycles. The molecule has 4 rings (SSSR count). The number of nitrogens with one attached hydrogen (secondary N) is 1. The van der Waals surface area contributed by atoms with E-state index in [2.05, 4.69) is 10.3 Å². The predicted molar refractivity (Wildman–Crippen MR) is 131 cm³/mol. The Bertz CT molecular complexity index is 1300. The summed E-state index contributed by atoms with van der Waals surface area (Å²) in [6.45, 7) is 7.44. The number of hydrogen-bond acceptors (Lipinski definition) is 6. The van der Waals surface area contributed by atoms with E-state index in [1.807, 2.05) is 45.0 Å². The van der Waals surface area contributed by atoms with Gasteiger partial charge < -0.3 is 10.1 Å². The van der Waals surface area contributed by atoms with Crippen molar-refractivity contribution in [2.75, 3.05) is 37.4 Å². The number of thioether (sulfide) groups is 1. The lowest BCUT2D eigenvalue weighted by atomic mass is 10.1. The predicted octanol–water partition coefficient (Wildman–Crippen LogP) is 3.91. The molecule has 0 saturated carbocycles. The average Bonchev–Trinajstić information content (AvgIpc) is 2.80. The number of fused-ring (bicyclic) bond motifs is 1. The van der Waals surface area contributed by atoms with Crippen molar-refractivity contribution in [3.8, 4) is 0 Å². The zero-order valence-corrected chi connectivity index (χ0v) is 20.6. The Hall–Kier alpha value is -2.46. The summed E-state index contributed by atoms with van der Waals surface area (Å²) in [5.74, 6) is 0.132. The molecule has 7 nitrogen and oxygen atoms in total. The first kappa shape index (κ1) is 23.7. The fraction of sp³-hybridized carbons (Fsp3) is 0.333. The van der Waals surface area contributed by atoms with Crippen LogP contribution in [0.4, 0.5) is 5.69 Å². The molecular formula is C24H27N3O4S2. The van der Waals surface area contributed by atoms with E-state index in [4.69, 9.17) is 4.74 Å². The van der Waals surface area contributed by atoms with Crippen LogP contribution in [-0.2, 0) is 19.6 Å². The average molecular weight is 486 g/mol. The van der Waals surface area contributed by atoms with Crippen LogP contribution in [0.2, 0.25) is 0 Å². The molecule has 174 valence electrons. The van der Waals surface area contributed by atoms with Gasteiger partial charge in [0.05, 0.1) is 34.4 Å². The largest absolute Gasteiger partial charge is 0.379 e. The van der Waals surface area contributed by atoms with Gasteiger partial charge in [0.1, 0.15) is 0 Å². The molecule has 2 heterocycles. The van der Waals surface area contributed by atoms with Gasteiger partial charge in [0.25, 0.3) is 0 Å². The number of rotatable bonds is 6. The molecule has 1 aliphatic rings. The first-order valence-corrected chi connectivity index (χ1v) is 13.2. The fourth-order valence-corrected chi connectivity index (χ4v) is 6.00. The summed E-state index contributed by atoms with van der Waals surface area (Å²) in [6.07, 6.45) is 0. The molecule has 0 aliphatic carbocycles. The summed E-state index contributed by atoms with van der Waals surface area (Å²) in [6, 6.07) is 12.8. The molecule has 2 aromatic carbocycles. The number of aromatic nitrogens is 1. The van der Waals surface area contributed by atoms with Gasteiger partial charge in [0.2, 0.25) is 15.9 Å². The Morgan fingerprint density at radius 1 is 1.06 bits per heavy atom. The summed E-state index contributed by atoms with van der Waals surface area (Å²) < 4.78 is 32.7. The highest BCUT2D eigenvalue weighted by Crippen LogP contribution is 2.27. The van der Waals surface area contributed by atoms with Crippen LogP contribution in [0.1, 0.15) is 16.7 Å². The number of hydrogen-bond donors (Lipinski definition) is 1. The minimum Gasteiger partial charge on any atom is -0.379 e. The Labute approximate surface area is 198 Å². The number of anilines is 1. The molecule has 1 fully saturated rings. The number of ether oxygens (including phenoxy) is 1. The SMILES string of the molecule is Cc1ccc(NC(=O)CSc2cc(C)c3cc(S(=O)(=O)N4CCOCC4)ccc3n2)c(C)c1. The lowest BCUT2D eigenvalue weighted by Gasteiger charge is -2.26. The maximum absolute atomic E-state index is 13.0. The fourth-order valence-electron chi connectivity index (χ4n) is 3.79. The maximum atomic E-state index is 13.0. The highest BCUT2D eigenvalue weighted by Gasteiger charge is 2.26. The number of nitrogens with zero attached hydrogens (tertiary/aromatic N) is 2. The molecule has 0 radical (unpaired) electrons. The van der Waals surface area contributed by atoms with Gasteiger partial charge in [-0.25, -0.2) is 13.4 Å². The van der Waals surface area contributed by atoms with Gasteiger partial charge in [-0.05, 0) is 62.2 Å². The lowest BCUT2D eigenvalue weighted by Crippen LogP contribution is -2.40. The van der Waals surface area contributed by atoms with Gasteiger partial charge in [0, 0.05) is 24.2 Å². The van der Waals surface area contributed by atoms with Crippen molar-refractivity contribution in [2.45, 2.75) is 30.7 Å². The molecule has 3 aromatic rings. The highest BCUT2D eigenvalue weighted by molar-refractivity contribution is 7.99. The smallest absolute Gasteiger partial charge is 0.243 e. The molecule has 0 unspecified atom stereocenters. The van der Waals surface area contributed by atoms with Crippen molar-refractivity contribution in [1.29, 1.82) is 0 Å². The number of carbonyl (C=O) groups excluding carboxylic acids is 1. The molecule has 1 amide bonds. The molecule has 0 spiro atoms. The summed E-state index contributed by atoms with van der Waals surface area (Å²) in [5, 5.41) is 4.45. The Morgan fingerprint density at radius 2 is 1.82 bits per heavy atom. The van der Waals surface area contributed by atoms with Gasteiger partial charge in [0.15, 0.2) is 0 Å². The van der Waals surface area contributed by atoms with Crippen LogP contribution in [0.5, 0.6) is 0 Å². The third-order valence-corrected chi connectivity index (χ3v) is 8.38. The molecule has 1 aromatic heterocycles. The highest BCUT2D eigenvalue weighted by atomic mass is 32.2. The van der Waals surface area contributed by atoms with Crippen molar-refractivity contribution in [1.82, 2.24) is 9.29 Å². The van der Waals surface area contributed by atoms with Gasteiger partial charge in [-0.3, -0.25) is 4.79 Å². The van der Waals surface area contributed by atoms with Crippen LogP contribution in [0, 0.1) is 20.8 Å². The minimum atomic E-state index is -3.57. The number of carbonyl (C=O) groups is 1. The summed E-state index contributed by atoms with van der Waals surface area (Å²) >= 11 is 1.35. The van der Waals surface area contributed by atoms with Crippen molar-refractivity contribution in [3.05, 3.63) is 59.2 Å². The van der Waals surface area contributed by atoms with Crippen LogP contribution in [0.15, 0.2) is 52.4 Å². The first-order chi connectivity index (χ1) is 15.7. The van der Waals surface area contributed by atoms with Gasteiger partial charge in [-0.2, -0.15) is 4.31 Å². The number of pyridine rings is 1. The van der Waals surface area contributed by atoms with Gasteiger partial charge >= 0.3 is 0 Å². The van der Waals surface area contributed by atoms with Crippen LogP contribution < -0.4 is 5.32 Å². The van der Waals surface area contributed by atoms with E-state index in [0.717, 1.165) is 32.8 Å². The number of sulfonamides is 1. The van der Waals surface area contributed by atoms with Crippen LogP contribution in [-0.4, -0.2) is 55.7 Å². The van der Waals surface area contributed by atoms with E-state index in [1.165, 1.54) is 16.1 Å². The van der Waals surface area contributed by atoms with Gasteiger partial charge in [-0.1, -0.05) is 29.5 Å². The zero-order valence-electron chi connectivity index (χ0n) is 18.9. The summed E-state index contributed by atoms with van der Waals surface area (Å²) in [4.78, 5) is 17.3. The number of aryl methyl sites for hydroxylation is 3. The second-order valence-corrected chi connectivity index (χ2v) is 11.1. The number of morpholine rings is 1. The molecule has 0 atom stereocenters. The Morgan fingerprint density at radius 3 is 2.55 bits per heavy atom. The van der Waals surface area contributed by atoms with Crippen molar-refractivity contribution < 1.29 is 17.9 Å². The van der Waals surface area contributed by atoms with Gasteiger partial charge in [-0.15, -0.1) is 0 Å². The molecule has 1 N–H and O–H groups in total. The second kappa shape index (κ2) is 9.80. The van der Waals surface area contributed by atoms with Crippen LogP contribution in [0.25, 0.3) is 10.9 Å². The topological polar surface area (TPSA) is 88.6 Å². The normalized spacial score (nSPS) is 15.0. The second-order valence-electron chi connectivity index (χ2n) is 8.13. The Kier molecular flexibility index (Phi) is 7.04. The van der Waals surface area contributed by atoms with Crippen LogP contribution >= 0.6 is 11.8 Å². The molecular weight excluding hydrogens is 458 g/mol. The number of amides is 1. The lowest BCUT2D eigenvalue weighted by molar-refractivity contribution is -0.113. The van der Waals surface area contributed by atoms with Crippen molar-refractivity contribution >= 4 is 44.3 Å². The van der Waals surface area contributed by atoms with E-state index < -0.39 is 10.0 Å². The molecule has 0 bridgehead atoms. The standard InChI is InChI=1S/C24H27N3O4S2/c1-16-4-6-21(18(3)12-16)25-23(28)15-32-24-13-17(2)20-14-19(5-7-22(20)26-24)33(29,30)27-8-10-31-11-9-27/h4-7,12-14H,8-11,15H2,1-3H3,(H,25,28). The van der Waals surface area contributed by atoms with E-state index >= 15 is 0 Å². The zero-order chi connectivity index (χ0) is 23.6. The minimum absolute atomic E-state index is 0.0987. The third kappa shape index (κ3) is 5.38. The van der Waals surface area contributed by atoms with E-state index in [1.54, 1.807) is 18.2 Å². The Balaban J connectivity index is 1.48. The summed E-state index contributed by atoms with van der Waals surface area (Å²) in [5.41, 5.74) is 4.60. The first-order valence-electron chi connectivity index (χ1n) is 10.7. The van der Waals surface area contributed by atoms with Crippen molar-refractivity contribution in [2.24, 2.45) is 0 Å².